The molecule has 226 valence electrons. The topological polar surface area (TPSA) is 86.8 Å². The third-order valence-electron chi connectivity index (χ3n) is 6.53. The number of benzene rings is 2. The number of amides is 2. The smallest absolute Gasteiger partial charge is 0.407 e. The van der Waals surface area contributed by atoms with Crippen molar-refractivity contribution in [3.8, 4) is 11.3 Å². The van der Waals surface area contributed by atoms with Crippen LogP contribution in [0.5, 0.6) is 0 Å². The number of likely N-dealkylation sites (tertiary alicyclic amines) is 1. The zero-order valence-electron chi connectivity index (χ0n) is 24.3. The fourth-order valence-corrected chi connectivity index (χ4v) is 6.82. The first kappa shape index (κ1) is 32.4. The fraction of sp³-hybridized carbons (Fsp3) is 0.433. The highest BCUT2D eigenvalue weighted by Gasteiger charge is 2.28. The third-order valence-corrected chi connectivity index (χ3v) is 9.41. The molecule has 0 atom stereocenters. The first-order chi connectivity index (χ1) is 20.0. The van der Waals surface area contributed by atoms with E-state index in [2.05, 4.69) is 15.5 Å². The maximum absolute atomic E-state index is 12.6. The van der Waals surface area contributed by atoms with Crippen molar-refractivity contribution in [1.82, 2.24) is 19.5 Å². The van der Waals surface area contributed by atoms with Gasteiger partial charge in [0.05, 0.1) is 15.7 Å². The molecule has 0 spiro atoms. The van der Waals surface area contributed by atoms with E-state index in [1.165, 1.54) is 23.3 Å². The number of alkyl carbamates (subject to hydrolysis) is 1. The van der Waals surface area contributed by atoms with Crippen LogP contribution in [0.1, 0.15) is 46.1 Å². The Morgan fingerprint density at radius 1 is 1.12 bits per heavy atom. The Hall–Kier alpha value is -2.50. The summed E-state index contributed by atoms with van der Waals surface area (Å²) in [6.45, 7) is 10.7. The summed E-state index contributed by atoms with van der Waals surface area (Å²) in [6.07, 6.45) is 1.35. The number of thiazole rings is 1. The lowest BCUT2D eigenvalue weighted by atomic mass is 10.0. The molecular weight excluding hydrogens is 613 g/mol. The minimum atomic E-state index is -0.524. The van der Waals surface area contributed by atoms with Gasteiger partial charge in [0.1, 0.15) is 5.60 Å². The van der Waals surface area contributed by atoms with Gasteiger partial charge in [0.25, 0.3) is 0 Å². The monoisotopic (exact) mass is 649 g/mol. The number of halogens is 2. The number of rotatable bonds is 10. The van der Waals surface area contributed by atoms with E-state index in [4.69, 9.17) is 32.9 Å². The summed E-state index contributed by atoms with van der Waals surface area (Å²) in [5.41, 5.74) is 3.38. The minimum Gasteiger partial charge on any atom is -0.444 e. The molecule has 0 saturated carbocycles. The molecule has 12 heteroatoms. The van der Waals surface area contributed by atoms with E-state index in [1.54, 1.807) is 6.92 Å². The highest BCUT2D eigenvalue weighted by molar-refractivity contribution is 7.99. The molecule has 8 nitrogen and oxygen atoms in total. The van der Waals surface area contributed by atoms with Crippen molar-refractivity contribution in [2.24, 2.45) is 0 Å². The number of piperidine rings is 1. The van der Waals surface area contributed by atoms with Gasteiger partial charge in [0, 0.05) is 74.3 Å². The van der Waals surface area contributed by atoms with Crippen molar-refractivity contribution < 1.29 is 14.3 Å². The molecule has 0 aliphatic carbocycles. The normalized spacial score (nSPS) is 14.4. The quantitative estimate of drug-likeness (QED) is 0.173. The van der Waals surface area contributed by atoms with Gasteiger partial charge in [-0.1, -0.05) is 41.4 Å². The number of anilines is 1. The molecule has 42 heavy (non-hydrogen) atoms. The number of aromatic nitrogens is 1. The Kier molecular flexibility index (Phi) is 11.4. The average molecular weight is 651 g/mol. The fourth-order valence-electron chi connectivity index (χ4n) is 4.59. The largest absolute Gasteiger partial charge is 0.444 e. The Bertz CT molecular complexity index is 1370. The van der Waals surface area contributed by atoms with Crippen molar-refractivity contribution in [3.63, 3.8) is 0 Å². The molecule has 2 aromatic carbocycles. The highest BCUT2D eigenvalue weighted by Crippen LogP contribution is 2.34. The van der Waals surface area contributed by atoms with Crippen molar-refractivity contribution in [2.75, 3.05) is 31.5 Å². The molecule has 0 unspecified atom stereocenters. The Balaban J connectivity index is 1.28. The molecule has 1 fully saturated rings. The summed E-state index contributed by atoms with van der Waals surface area (Å²) >= 11 is 15.2. The third kappa shape index (κ3) is 9.77. The summed E-state index contributed by atoms with van der Waals surface area (Å²) < 4.78 is 7.98. The Morgan fingerprint density at radius 2 is 1.88 bits per heavy atom. The molecule has 2 N–H and O–H groups in total. The second-order valence-corrected chi connectivity index (χ2v) is 14.0. The molecule has 1 aliphatic rings. The molecule has 4 rings (SSSR count). The number of nitrogens with one attached hydrogen (secondary N) is 2. The van der Waals surface area contributed by atoms with Crippen LogP contribution in [-0.2, 0) is 16.1 Å². The van der Waals surface area contributed by atoms with E-state index in [-0.39, 0.29) is 11.9 Å². The van der Waals surface area contributed by atoms with Gasteiger partial charge in [0.15, 0.2) is 4.34 Å². The second kappa shape index (κ2) is 14.8. The molecule has 2 heterocycles. The van der Waals surface area contributed by atoms with Crippen molar-refractivity contribution in [1.29, 1.82) is 0 Å². The number of carbonyl (C=O) groups excluding carboxylic acids is 2. The van der Waals surface area contributed by atoms with Gasteiger partial charge in [-0.2, -0.15) is 0 Å². The van der Waals surface area contributed by atoms with E-state index >= 15 is 0 Å². The lowest BCUT2D eigenvalue weighted by Crippen LogP contribution is -2.43. The molecule has 1 aromatic heterocycles. The van der Waals surface area contributed by atoms with Crippen LogP contribution in [0.4, 0.5) is 10.5 Å². The summed E-state index contributed by atoms with van der Waals surface area (Å²) in [4.78, 5) is 31.7. The van der Waals surface area contributed by atoms with E-state index < -0.39 is 11.7 Å². The van der Waals surface area contributed by atoms with E-state index in [1.807, 2.05) is 72.9 Å². The maximum atomic E-state index is 12.6. The van der Waals surface area contributed by atoms with Crippen molar-refractivity contribution >= 4 is 64.2 Å². The summed E-state index contributed by atoms with van der Waals surface area (Å²) in [6, 6.07) is 13.9. The SMILES string of the molecule is CC(=O)N(Sc1nc(-c2cccc(NCCNC(=O)OC(C)(C)C)c2)cs1)C1CCN(Cc2ccc(Cl)c(Cl)c2)CC1. The van der Waals surface area contributed by atoms with Crippen LogP contribution >= 0.6 is 46.5 Å². The van der Waals surface area contributed by atoms with Crippen molar-refractivity contribution in [2.45, 2.75) is 63.1 Å². The average Bonchev–Trinajstić information content (AvgIpc) is 3.40. The van der Waals surface area contributed by atoms with Crippen LogP contribution in [-0.4, -0.2) is 64.0 Å². The van der Waals surface area contributed by atoms with Gasteiger partial charge in [-0.3, -0.25) is 14.0 Å². The number of hydrogen-bond acceptors (Lipinski definition) is 8. The van der Waals surface area contributed by atoms with Crippen LogP contribution < -0.4 is 10.6 Å². The number of carbonyl (C=O) groups is 2. The van der Waals surface area contributed by atoms with Crippen LogP contribution in [0.2, 0.25) is 10.0 Å². The Labute approximate surface area is 266 Å². The highest BCUT2D eigenvalue weighted by atomic mass is 35.5. The second-order valence-electron chi connectivity index (χ2n) is 11.1. The zero-order valence-corrected chi connectivity index (χ0v) is 27.4. The predicted molar refractivity (Wildman–Crippen MR) is 173 cm³/mol. The zero-order chi connectivity index (χ0) is 30.3. The Morgan fingerprint density at radius 3 is 2.57 bits per heavy atom. The lowest BCUT2D eigenvalue weighted by Gasteiger charge is -2.37. The van der Waals surface area contributed by atoms with Crippen molar-refractivity contribution in [3.05, 3.63) is 63.5 Å². The lowest BCUT2D eigenvalue weighted by molar-refractivity contribution is -0.125. The maximum Gasteiger partial charge on any atom is 0.407 e. The summed E-state index contributed by atoms with van der Waals surface area (Å²) in [7, 11) is 0. The van der Waals surface area contributed by atoms with Gasteiger partial charge >= 0.3 is 6.09 Å². The first-order valence-corrected chi connectivity index (χ1v) is 16.3. The minimum absolute atomic E-state index is 0.0332. The van der Waals surface area contributed by atoms with Gasteiger partial charge in [0.2, 0.25) is 5.91 Å². The van der Waals surface area contributed by atoms with Crippen LogP contribution in [0.25, 0.3) is 11.3 Å². The van der Waals surface area contributed by atoms with Crippen LogP contribution in [0.3, 0.4) is 0 Å². The summed E-state index contributed by atoms with van der Waals surface area (Å²) in [5, 5.41) is 9.22. The number of ether oxygens (including phenoxy) is 1. The van der Waals surface area contributed by atoms with Crippen LogP contribution in [0, 0.1) is 0 Å². The van der Waals surface area contributed by atoms with Gasteiger partial charge in [-0.15, -0.1) is 11.3 Å². The van der Waals surface area contributed by atoms with E-state index in [9.17, 15) is 9.59 Å². The summed E-state index contributed by atoms with van der Waals surface area (Å²) in [5.74, 6) is 0.0332. The molecule has 1 aliphatic heterocycles. The molecule has 1 saturated heterocycles. The van der Waals surface area contributed by atoms with E-state index in [0.29, 0.717) is 23.1 Å². The first-order valence-electron chi connectivity index (χ1n) is 13.9. The molecule has 3 aromatic rings. The van der Waals surface area contributed by atoms with Gasteiger partial charge in [-0.05, 0) is 63.4 Å². The van der Waals surface area contributed by atoms with Gasteiger partial charge < -0.3 is 15.4 Å². The standard InChI is InChI=1S/C30H37Cl2N5O3S2/c1-20(38)37(24-10-14-36(15-11-24)18-21-8-9-25(31)26(32)16-21)42-29-35-27(19-41-29)22-6-5-7-23(17-22)33-12-13-34-28(39)40-30(2,3)4/h5-9,16-17,19,24,33H,10-15,18H2,1-4H3,(H,34,39). The molecule has 0 bridgehead atoms. The number of nitrogens with zero attached hydrogens (tertiary/aromatic N) is 3. The molecule has 0 radical (unpaired) electrons. The van der Waals surface area contributed by atoms with E-state index in [0.717, 1.165) is 59.3 Å². The molecule has 2 amide bonds. The van der Waals surface area contributed by atoms with Gasteiger partial charge in [-0.25, -0.2) is 9.78 Å². The molecular formula is C30H37Cl2N5O3S2. The predicted octanol–water partition coefficient (Wildman–Crippen LogP) is 7.57. The number of hydrogen-bond donors (Lipinski definition) is 2. The van der Waals surface area contributed by atoms with Crippen LogP contribution in [0.15, 0.2) is 52.2 Å².